The van der Waals surface area contributed by atoms with Gasteiger partial charge in [0, 0.05) is 29.9 Å². The number of anilines is 1. The topological polar surface area (TPSA) is 46.3 Å². The van der Waals surface area contributed by atoms with Crippen molar-refractivity contribution in [2.24, 2.45) is 0 Å². The van der Waals surface area contributed by atoms with Crippen LogP contribution in [0.2, 0.25) is 0 Å². The molecule has 3 nitrogen and oxygen atoms in total. The lowest BCUT2D eigenvalue weighted by atomic mass is 10.1. The summed E-state index contributed by atoms with van der Waals surface area (Å²) in [5.41, 5.74) is 5.85. The summed E-state index contributed by atoms with van der Waals surface area (Å²) in [6, 6.07) is 6.41. The van der Waals surface area contributed by atoms with Gasteiger partial charge in [-0.15, -0.1) is 0 Å². The molecule has 0 aliphatic carbocycles. The molecule has 0 saturated carbocycles. The number of amides is 1. The minimum Gasteiger partial charge on any atom is -0.399 e. The summed E-state index contributed by atoms with van der Waals surface area (Å²) >= 11 is 0. The van der Waals surface area contributed by atoms with E-state index >= 15 is 0 Å². The standard InChI is InChI=1S/C13H13F3N2O/c14-13(15,16)10-4-6-18(7-5-10)12(19)9-2-1-3-11(17)8-9/h1-4,8H,5-7,17H2. The number of benzene rings is 1. The molecule has 102 valence electrons. The van der Waals surface area contributed by atoms with Crippen molar-refractivity contribution in [2.45, 2.75) is 12.6 Å². The molecule has 2 N–H and O–H groups in total. The molecule has 0 atom stereocenters. The Labute approximate surface area is 108 Å². The molecule has 0 radical (unpaired) electrons. The zero-order valence-corrected chi connectivity index (χ0v) is 10.1. The fourth-order valence-corrected chi connectivity index (χ4v) is 1.97. The molecular formula is C13H13F3N2O. The van der Waals surface area contributed by atoms with E-state index in [1.165, 1.54) is 11.0 Å². The number of alkyl halides is 3. The molecule has 1 aromatic carbocycles. The van der Waals surface area contributed by atoms with Crippen LogP contribution in [0, 0.1) is 0 Å². The number of carbonyl (C=O) groups is 1. The number of halogens is 3. The Morgan fingerprint density at radius 2 is 2.05 bits per heavy atom. The van der Waals surface area contributed by atoms with Crippen molar-refractivity contribution in [1.82, 2.24) is 4.90 Å². The largest absolute Gasteiger partial charge is 0.412 e. The lowest BCUT2D eigenvalue weighted by molar-refractivity contribution is -0.0957. The van der Waals surface area contributed by atoms with E-state index in [2.05, 4.69) is 0 Å². The van der Waals surface area contributed by atoms with Crippen LogP contribution in [-0.2, 0) is 0 Å². The highest BCUT2D eigenvalue weighted by molar-refractivity contribution is 5.95. The second-order valence-corrected chi connectivity index (χ2v) is 4.35. The minimum absolute atomic E-state index is 0.0253. The van der Waals surface area contributed by atoms with Gasteiger partial charge in [0.1, 0.15) is 0 Å². The molecular weight excluding hydrogens is 257 g/mol. The van der Waals surface area contributed by atoms with Crippen molar-refractivity contribution in [1.29, 1.82) is 0 Å². The van der Waals surface area contributed by atoms with Crippen molar-refractivity contribution in [3.63, 3.8) is 0 Å². The van der Waals surface area contributed by atoms with E-state index in [0.29, 0.717) is 11.3 Å². The summed E-state index contributed by atoms with van der Waals surface area (Å²) in [5, 5.41) is 0. The van der Waals surface area contributed by atoms with Crippen molar-refractivity contribution < 1.29 is 18.0 Å². The number of nitrogens with zero attached hydrogens (tertiary/aromatic N) is 1. The highest BCUT2D eigenvalue weighted by atomic mass is 19.4. The fourth-order valence-electron chi connectivity index (χ4n) is 1.97. The molecule has 0 unspecified atom stereocenters. The maximum atomic E-state index is 12.5. The first-order chi connectivity index (χ1) is 8.88. The van der Waals surface area contributed by atoms with Gasteiger partial charge in [-0.3, -0.25) is 4.79 Å². The third-order valence-electron chi connectivity index (χ3n) is 2.99. The Morgan fingerprint density at radius 1 is 1.32 bits per heavy atom. The molecule has 0 aromatic heterocycles. The lowest BCUT2D eigenvalue weighted by Crippen LogP contribution is -2.36. The molecule has 0 spiro atoms. The van der Waals surface area contributed by atoms with Crippen molar-refractivity contribution in [3.05, 3.63) is 41.5 Å². The van der Waals surface area contributed by atoms with E-state index in [-0.39, 0.29) is 25.4 Å². The molecule has 1 aliphatic rings. The van der Waals surface area contributed by atoms with E-state index < -0.39 is 11.7 Å². The van der Waals surface area contributed by atoms with Crippen LogP contribution >= 0.6 is 0 Å². The number of rotatable bonds is 1. The summed E-state index contributed by atoms with van der Waals surface area (Å²) in [4.78, 5) is 13.4. The van der Waals surface area contributed by atoms with Crippen LogP contribution in [0.3, 0.4) is 0 Å². The summed E-state index contributed by atoms with van der Waals surface area (Å²) in [6.07, 6.45) is -3.41. The van der Waals surface area contributed by atoms with Gasteiger partial charge >= 0.3 is 6.18 Å². The van der Waals surface area contributed by atoms with Crippen LogP contribution in [0.1, 0.15) is 16.8 Å². The summed E-state index contributed by atoms with van der Waals surface area (Å²) < 4.78 is 37.4. The number of nitrogen functional groups attached to an aromatic ring is 1. The number of hydrogen-bond donors (Lipinski definition) is 1. The van der Waals surface area contributed by atoms with Crippen LogP contribution < -0.4 is 5.73 Å². The van der Waals surface area contributed by atoms with Gasteiger partial charge in [-0.05, 0) is 24.6 Å². The first-order valence-electron chi connectivity index (χ1n) is 5.79. The van der Waals surface area contributed by atoms with Crippen molar-refractivity contribution in [3.8, 4) is 0 Å². The third kappa shape index (κ3) is 3.07. The highest BCUT2D eigenvalue weighted by Crippen LogP contribution is 2.30. The van der Waals surface area contributed by atoms with E-state index in [9.17, 15) is 18.0 Å². The quantitative estimate of drug-likeness (QED) is 0.630. The zero-order valence-electron chi connectivity index (χ0n) is 10.1. The van der Waals surface area contributed by atoms with Gasteiger partial charge < -0.3 is 10.6 Å². The van der Waals surface area contributed by atoms with Gasteiger partial charge in [-0.1, -0.05) is 12.1 Å². The normalized spacial score (nSPS) is 16.2. The first-order valence-corrected chi connectivity index (χ1v) is 5.79. The van der Waals surface area contributed by atoms with Gasteiger partial charge in [0.25, 0.3) is 5.91 Å². The van der Waals surface area contributed by atoms with E-state index in [1.807, 2.05) is 0 Å². The molecule has 0 saturated heterocycles. The zero-order chi connectivity index (χ0) is 14.0. The summed E-state index contributed by atoms with van der Waals surface area (Å²) in [7, 11) is 0. The smallest absolute Gasteiger partial charge is 0.399 e. The van der Waals surface area contributed by atoms with Crippen LogP contribution in [0.25, 0.3) is 0 Å². The Bertz CT molecular complexity index is 523. The van der Waals surface area contributed by atoms with Crippen LogP contribution in [-0.4, -0.2) is 30.1 Å². The monoisotopic (exact) mass is 270 g/mol. The molecule has 0 bridgehead atoms. The maximum absolute atomic E-state index is 12.5. The summed E-state index contributed by atoms with van der Waals surface area (Å²) in [5.74, 6) is -0.301. The molecule has 1 aromatic rings. The Morgan fingerprint density at radius 3 is 2.58 bits per heavy atom. The Hall–Kier alpha value is -1.98. The molecule has 0 fully saturated rings. The fraction of sp³-hybridized carbons (Fsp3) is 0.308. The Kier molecular flexibility index (Phi) is 3.50. The van der Waals surface area contributed by atoms with Crippen LogP contribution in [0.4, 0.5) is 18.9 Å². The summed E-state index contributed by atoms with van der Waals surface area (Å²) in [6.45, 7) is 0.0431. The molecule has 1 heterocycles. The molecule has 6 heteroatoms. The van der Waals surface area contributed by atoms with E-state index in [0.717, 1.165) is 6.08 Å². The first kappa shape index (κ1) is 13.5. The minimum atomic E-state index is -4.30. The second kappa shape index (κ2) is 4.95. The number of nitrogens with two attached hydrogens (primary N) is 1. The molecule has 2 rings (SSSR count). The highest BCUT2D eigenvalue weighted by Gasteiger charge is 2.35. The second-order valence-electron chi connectivity index (χ2n) is 4.35. The molecule has 1 aliphatic heterocycles. The van der Waals surface area contributed by atoms with Crippen molar-refractivity contribution in [2.75, 3.05) is 18.8 Å². The predicted octanol–water partition coefficient (Wildman–Crippen LogP) is 2.60. The lowest BCUT2D eigenvalue weighted by Gasteiger charge is -2.27. The third-order valence-corrected chi connectivity index (χ3v) is 2.99. The van der Waals surface area contributed by atoms with E-state index in [4.69, 9.17) is 5.73 Å². The molecule has 19 heavy (non-hydrogen) atoms. The number of carbonyl (C=O) groups excluding carboxylic acids is 1. The Balaban J connectivity index is 2.10. The number of hydrogen-bond acceptors (Lipinski definition) is 2. The average molecular weight is 270 g/mol. The van der Waals surface area contributed by atoms with Crippen molar-refractivity contribution >= 4 is 11.6 Å². The van der Waals surface area contributed by atoms with Gasteiger partial charge in [-0.2, -0.15) is 13.2 Å². The van der Waals surface area contributed by atoms with Gasteiger partial charge in [-0.25, -0.2) is 0 Å². The maximum Gasteiger partial charge on any atom is 0.412 e. The van der Waals surface area contributed by atoms with Crippen LogP contribution in [0.15, 0.2) is 35.9 Å². The van der Waals surface area contributed by atoms with E-state index in [1.54, 1.807) is 18.2 Å². The van der Waals surface area contributed by atoms with Gasteiger partial charge in [0.15, 0.2) is 0 Å². The van der Waals surface area contributed by atoms with Gasteiger partial charge in [0.2, 0.25) is 0 Å². The SMILES string of the molecule is Nc1cccc(C(=O)N2CC=C(C(F)(F)F)CC2)c1. The van der Waals surface area contributed by atoms with Crippen LogP contribution in [0.5, 0.6) is 0 Å². The van der Waals surface area contributed by atoms with Gasteiger partial charge in [0.05, 0.1) is 0 Å². The molecule has 1 amide bonds. The average Bonchev–Trinajstić information content (AvgIpc) is 2.37. The predicted molar refractivity (Wildman–Crippen MR) is 65.5 cm³/mol.